The van der Waals surface area contributed by atoms with Gasteiger partial charge in [-0.2, -0.15) is 5.10 Å². The number of benzene rings is 1. The van der Waals surface area contributed by atoms with E-state index in [2.05, 4.69) is 5.10 Å². The molecule has 3 aromatic rings. The fraction of sp³-hybridized carbons (Fsp3) is 0.188. The van der Waals surface area contributed by atoms with Crippen molar-refractivity contribution >= 4 is 0 Å². The Balaban J connectivity index is 2.04. The summed E-state index contributed by atoms with van der Waals surface area (Å²) in [5.74, 6) is 1.53. The number of aromatic nitrogens is 2. The van der Waals surface area contributed by atoms with Crippen LogP contribution in [-0.2, 0) is 0 Å². The third kappa shape index (κ3) is 2.14. The molecule has 2 aromatic heterocycles. The second-order valence-electron chi connectivity index (χ2n) is 4.77. The molecule has 0 saturated heterocycles. The van der Waals surface area contributed by atoms with Crippen molar-refractivity contribution in [2.75, 3.05) is 0 Å². The second-order valence-corrected chi connectivity index (χ2v) is 4.77. The highest BCUT2D eigenvalue weighted by Gasteiger charge is 2.20. The van der Waals surface area contributed by atoms with Crippen LogP contribution in [0, 0.1) is 13.8 Å². The van der Waals surface area contributed by atoms with Crippen molar-refractivity contribution in [1.82, 2.24) is 9.78 Å². The number of rotatable bonds is 3. The van der Waals surface area contributed by atoms with Crippen molar-refractivity contribution in [2.24, 2.45) is 0 Å². The number of nitrogens with zero attached hydrogens (tertiary/aromatic N) is 2. The Morgan fingerprint density at radius 2 is 1.90 bits per heavy atom. The van der Waals surface area contributed by atoms with Crippen molar-refractivity contribution in [3.05, 3.63) is 71.4 Å². The predicted molar refractivity (Wildman–Crippen MR) is 75.8 cm³/mol. The Labute approximate surface area is 117 Å². The Morgan fingerprint density at radius 1 is 1.15 bits per heavy atom. The van der Waals surface area contributed by atoms with Crippen molar-refractivity contribution in [3.63, 3.8) is 0 Å². The molecule has 4 heteroatoms. The molecule has 0 spiro atoms. The van der Waals surface area contributed by atoms with Gasteiger partial charge in [0.2, 0.25) is 0 Å². The van der Waals surface area contributed by atoms with Crippen LogP contribution < -0.4 is 0 Å². The van der Waals surface area contributed by atoms with Gasteiger partial charge in [0.15, 0.2) is 0 Å². The van der Waals surface area contributed by atoms with Crippen LogP contribution in [0.15, 0.2) is 53.1 Å². The Morgan fingerprint density at radius 3 is 2.55 bits per heavy atom. The Hall–Kier alpha value is -2.33. The van der Waals surface area contributed by atoms with Gasteiger partial charge in [0.25, 0.3) is 0 Å². The van der Waals surface area contributed by atoms with Gasteiger partial charge in [-0.05, 0) is 38.1 Å². The minimum Gasteiger partial charge on any atom is -0.466 e. The van der Waals surface area contributed by atoms with Crippen LogP contribution in [0.25, 0.3) is 5.69 Å². The number of furan rings is 1. The first-order chi connectivity index (χ1) is 9.66. The third-order valence-electron chi connectivity index (χ3n) is 3.33. The van der Waals surface area contributed by atoms with E-state index in [1.54, 1.807) is 10.9 Å². The van der Waals surface area contributed by atoms with E-state index in [1.807, 2.05) is 56.3 Å². The SMILES string of the molecule is Cc1cc(C(O)c2ccnn2-c2ccccc2)c(C)o1. The average Bonchev–Trinajstić information content (AvgIpc) is 3.05. The van der Waals surface area contributed by atoms with Gasteiger partial charge in [-0.15, -0.1) is 0 Å². The molecule has 1 N–H and O–H groups in total. The summed E-state index contributed by atoms with van der Waals surface area (Å²) < 4.78 is 7.23. The molecule has 1 unspecified atom stereocenters. The predicted octanol–water partition coefficient (Wildman–Crippen LogP) is 3.16. The summed E-state index contributed by atoms with van der Waals surface area (Å²) in [6.07, 6.45) is 0.934. The minimum atomic E-state index is -0.754. The molecule has 4 nitrogen and oxygen atoms in total. The summed E-state index contributed by atoms with van der Waals surface area (Å²) in [7, 11) is 0. The second kappa shape index (κ2) is 4.98. The fourth-order valence-corrected chi connectivity index (χ4v) is 2.39. The van der Waals surface area contributed by atoms with Crippen molar-refractivity contribution in [1.29, 1.82) is 0 Å². The maximum atomic E-state index is 10.6. The Kier molecular flexibility index (Phi) is 3.16. The highest BCUT2D eigenvalue weighted by Crippen LogP contribution is 2.28. The molecular weight excluding hydrogens is 252 g/mol. The third-order valence-corrected chi connectivity index (χ3v) is 3.33. The molecule has 1 aromatic carbocycles. The maximum absolute atomic E-state index is 10.6. The Bertz CT molecular complexity index is 713. The van der Waals surface area contributed by atoms with Gasteiger partial charge in [-0.3, -0.25) is 0 Å². The average molecular weight is 268 g/mol. The van der Waals surface area contributed by atoms with Gasteiger partial charge in [-0.25, -0.2) is 4.68 Å². The summed E-state index contributed by atoms with van der Waals surface area (Å²) in [5.41, 5.74) is 2.42. The van der Waals surface area contributed by atoms with Crippen molar-refractivity contribution in [3.8, 4) is 5.69 Å². The summed E-state index contributed by atoms with van der Waals surface area (Å²) in [4.78, 5) is 0. The van der Waals surface area contributed by atoms with Gasteiger partial charge in [0.05, 0.1) is 11.4 Å². The number of hydrogen-bond acceptors (Lipinski definition) is 3. The molecule has 3 rings (SSSR count). The minimum absolute atomic E-state index is 0.722. The van der Waals surface area contributed by atoms with Crippen molar-refractivity contribution in [2.45, 2.75) is 20.0 Å². The molecule has 2 heterocycles. The smallest absolute Gasteiger partial charge is 0.124 e. The maximum Gasteiger partial charge on any atom is 0.124 e. The lowest BCUT2D eigenvalue weighted by Crippen LogP contribution is -2.08. The zero-order chi connectivity index (χ0) is 14.1. The van der Waals surface area contributed by atoms with Gasteiger partial charge >= 0.3 is 0 Å². The van der Waals surface area contributed by atoms with Crippen LogP contribution in [0.4, 0.5) is 0 Å². The molecule has 0 bridgehead atoms. The van der Waals surface area contributed by atoms with E-state index in [1.165, 1.54) is 0 Å². The van der Waals surface area contributed by atoms with Crippen LogP contribution in [0.3, 0.4) is 0 Å². The van der Waals surface area contributed by atoms with Gasteiger partial charge in [-0.1, -0.05) is 18.2 Å². The fourth-order valence-electron chi connectivity index (χ4n) is 2.39. The molecule has 0 radical (unpaired) electrons. The summed E-state index contributed by atoms with van der Waals surface area (Å²) in [6.45, 7) is 3.73. The lowest BCUT2D eigenvalue weighted by atomic mass is 10.1. The quantitative estimate of drug-likeness (QED) is 0.793. The van der Waals surface area contributed by atoms with Crippen molar-refractivity contribution < 1.29 is 9.52 Å². The number of aliphatic hydroxyl groups is 1. The zero-order valence-corrected chi connectivity index (χ0v) is 11.4. The lowest BCUT2D eigenvalue weighted by molar-refractivity contribution is 0.209. The molecule has 0 amide bonds. The summed E-state index contributed by atoms with van der Waals surface area (Å²) in [6, 6.07) is 13.4. The summed E-state index contributed by atoms with van der Waals surface area (Å²) >= 11 is 0. The molecule has 102 valence electrons. The first-order valence-corrected chi connectivity index (χ1v) is 6.51. The standard InChI is InChI=1S/C16H16N2O2/c1-11-10-14(12(2)20-11)16(19)15-8-9-17-18(15)13-6-4-3-5-7-13/h3-10,16,19H,1-2H3. The lowest BCUT2D eigenvalue weighted by Gasteiger charge is -2.12. The van der Waals surface area contributed by atoms with E-state index in [4.69, 9.17) is 4.42 Å². The van der Waals surface area contributed by atoms with E-state index in [9.17, 15) is 5.11 Å². The number of para-hydroxylation sites is 1. The molecular formula is C16H16N2O2. The van der Waals surface area contributed by atoms with Gasteiger partial charge < -0.3 is 9.52 Å². The molecule has 0 aliphatic rings. The van der Waals surface area contributed by atoms with Crippen LogP contribution in [-0.4, -0.2) is 14.9 Å². The topological polar surface area (TPSA) is 51.2 Å². The monoisotopic (exact) mass is 268 g/mol. The molecule has 0 aliphatic carbocycles. The molecule has 1 atom stereocenters. The zero-order valence-electron chi connectivity index (χ0n) is 11.4. The summed E-state index contributed by atoms with van der Waals surface area (Å²) in [5, 5.41) is 14.9. The highest BCUT2D eigenvalue weighted by molar-refractivity contribution is 5.36. The van der Waals surface area contributed by atoms with Crippen LogP contribution in [0.5, 0.6) is 0 Å². The van der Waals surface area contributed by atoms with E-state index in [0.717, 1.165) is 28.5 Å². The number of aliphatic hydroxyl groups excluding tert-OH is 1. The molecule has 0 saturated carbocycles. The van der Waals surface area contributed by atoms with Gasteiger partial charge in [0.1, 0.15) is 17.6 Å². The van der Waals surface area contributed by atoms with E-state index < -0.39 is 6.10 Å². The van der Waals surface area contributed by atoms with Gasteiger partial charge in [0, 0.05) is 11.8 Å². The normalized spacial score (nSPS) is 12.6. The molecule has 0 fully saturated rings. The van der Waals surface area contributed by atoms with E-state index in [0.29, 0.717) is 0 Å². The first-order valence-electron chi connectivity index (χ1n) is 6.51. The largest absolute Gasteiger partial charge is 0.466 e. The highest BCUT2D eigenvalue weighted by atomic mass is 16.3. The van der Waals surface area contributed by atoms with Crippen LogP contribution in [0.1, 0.15) is 28.9 Å². The van der Waals surface area contributed by atoms with E-state index in [-0.39, 0.29) is 0 Å². The van der Waals surface area contributed by atoms with E-state index >= 15 is 0 Å². The number of aryl methyl sites for hydroxylation is 2. The first kappa shape index (κ1) is 12.7. The molecule has 0 aliphatic heterocycles. The number of hydrogen-bond donors (Lipinski definition) is 1. The van der Waals surface area contributed by atoms with Crippen LogP contribution >= 0.6 is 0 Å². The molecule has 20 heavy (non-hydrogen) atoms. The van der Waals surface area contributed by atoms with Crippen LogP contribution in [0.2, 0.25) is 0 Å².